The Morgan fingerprint density at radius 3 is 2.02 bits per heavy atom. The molecule has 6 heteroatoms. The molecule has 0 aliphatic carbocycles. The van der Waals surface area contributed by atoms with Gasteiger partial charge in [0.1, 0.15) is 17.4 Å². The molecule has 6 rings (SSSR count). The van der Waals surface area contributed by atoms with Crippen LogP contribution in [0, 0.1) is 13.0 Å². The summed E-state index contributed by atoms with van der Waals surface area (Å²) < 4.78 is 2.15. The number of hydrogen-bond acceptors (Lipinski definition) is 4. The summed E-state index contributed by atoms with van der Waals surface area (Å²) in [6.45, 7) is 15.1. The van der Waals surface area contributed by atoms with Crippen LogP contribution in [-0.2, 0) is 31.9 Å². The summed E-state index contributed by atoms with van der Waals surface area (Å²) in [6, 6.07) is 40.4. The number of pyridine rings is 1. The van der Waals surface area contributed by atoms with Crippen LogP contribution in [-0.4, -0.2) is 19.6 Å². The van der Waals surface area contributed by atoms with Gasteiger partial charge in [-0.15, -0.1) is 29.8 Å². The van der Waals surface area contributed by atoms with Crippen LogP contribution in [0.2, 0.25) is 0 Å². The molecule has 242 valence electrons. The normalized spacial score (nSPS) is 11.6. The molecule has 0 amide bonds. The van der Waals surface area contributed by atoms with Crippen molar-refractivity contribution in [1.29, 1.82) is 0 Å². The Balaban J connectivity index is 0.00000433. The Morgan fingerprint density at radius 2 is 1.40 bits per heavy atom. The Hall–Kier alpha value is -4.47. The van der Waals surface area contributed by atoms with Crippen molar-refractivity contribution in [1.82, 2.24) is 14.5 Å². The number of rotatable bonds is 6. The third kappa shape index (κ3) is 6.82. The van der Waals surface area contributed by atoms with E-state index in [0.29, 0.717) is 11.4 Å². The van der Waals surface area contributed by atoms with Crippen LogP contribution >= 0.6 is 0 Å². The molecule has 0 unspecified atom stereocenters. The first-order valence-corrected chi connectivity index (χ1v) is 15.8. The molecule has 0 saturated heterocycles. The van der Waals surface area contributed by atoms with Gasteiger partial charge in [0.25, 0.3) is 0 Å². The molecule has 0 radical (unpaired) electrons. The van der Waals surface area contributed by atoms with Crippen molar-refractivity contribution in [3.63, 3.8) is 0 Å². The molecule has 47 heavy (non-hydrogen) atoms. The first-order valence-electron chi connectivity index (χ1n) is 15.8. The van der Waals surface area contributed by atoms with Gasteiger partial charge >= 0.3 is 0 Å². The fraction of sp³-hybridized carbons (Fsp3) is 0.220. The predicted octanol–water partition coefficient (Wildman–Crippen LogP) is 10.5. The first kappa shape index (κ1) is 33.9. The average Bonchev–Trinajstić information content (AvgIpc) is 3.38. The Morgan fingerprint density at radius 1 is 0.745 bits per heavy atom. The van der Waals surface area contributed by atoms with Crippen molar-refractivity contribution in [2.75, 3.05) is 4.90 Å². The second-order valence-electron chi connectivity index (χ2n) is 13.8. The number of hydrogen-bond donors (Lipinski definition) is 1. The van der Waals surface area contributed by atoms with Crippen LogP contribution in [0.1, 0.15) is 58.4 Å². The van der Waals surface area contributed by atoms with E-state index in [1.807, 2.05) is 72.8 Å². The number of phenols is 1. The van der Waals surface area contributed by atoms with E-state index in [1.54, 1.807) is 6.20 Å². The second kappa shape index (κ2) is 13.3. The van der Waals surface area contributed by atoms with E-state index in [-0.39, 0.29) is 37.6 Å². The standard InChI is InChI=1S/C41H41N4O.Pt/c1-28-37(29-17-16-22-33(25-29)45(32-20-12-9-13-21-32)36-23-14-15-24-42-36)43-39(44(28)31-18-10-8-11-19-31)34-26-30(40(2,3)4)27-35(38(34)46)41(5,6)7;/h8-24,26-27,46H,1-7H3;/q-1;. The maximum Gasteiger partial charge on any atom is 0.138 e. The summed E-state index contributed by atoms with van der Waals surface area (Å²) in [4.78, 5) is 12.1. The quantitative estimate of drug-likeness (QED) is 0.171. The number of phenolic OH excluding ortho intramolecular Hbond substituents is 1. The number of imidazole rings is 1. The monoisotopic (exact) mass is 800 g/mol. The maximum absolute atomic E-state index is 11.9. The minimum absolute atomic E-state index is 0. The van der Waals surface area contributed by atoms with Crippen LogP contribution < -0.4 is 4.90 Å². The summed E-state index contributed by atoms with van der Waals surface area (Å²) in [6.07, 6.45) is 1.80. The molecule has 5 nitrogen and oxygen atoms in total. The minimum atomic E-state index is -0.267. The Kier molecular flexibility index (Phi) is 9.61. The van der Waals surface area contributed by atoms with Gasteiger partial charge in [-0.1, -0.05) is 90.1 Å². The number of benzene rings is 4. The first-order chi connectivity index (χ1) is 21.9. The van der Waals surface area contributed by atoms with E-state index >= 15 is 0 Å². The molecule has 0 saturated carbocycles. The summed E-state index contributed by atoms with van der Waals surface area (Å²) in [7, 11) is 0. The molecule has 0 aliphatic rings. The van der Waals surface area contributed by atoms with E-state index in [4.69, 9.17) is 4.98 Å². The van der Waals surface area contributed by atoms with Crippen LogP contribution in [0.3, 0.4) is 0 Å². The molecule has 2 heterocycles. The number of aromatic hydroxyl groups is 1. The van der Waals surface area contributed by atoms with Crippen molar-refractivity contribution < 1.29 is 26.2 Å². The largest absolute Gasteiger partial charge is 0.507 e. The van der Waals surface area contributed by atoms with Crippen LogP contribution in [0.5, 0.6) is 5.75 Å². The van der Waals surface area contributed by atoms with Gasteiger partial charge in [0.05, 0.1) is 5.56 Å². The smallest absolute Gasteiger partial charge is 0.138 e. The fourth-order valence-corrected chi connectivity index (χ4v) is 5.82. The molecule has 1 N–H and O–H groups in total. The van der Waals surface area contributed by atoms with Gasteiger partial charge in [0.2, 0.25) is 0 Å². The van der Waals surface area contributed by atoms with Crippen LogP contribution in [0.15, 0.2) is 115 Å². The molecular weight excluding hydrogens is 760 g/mol. The summed E-state index contributed by atoms with van der Waals surface area (Å²) in [5, 5.41) is 11.9. The molecule has 2 aromatic heterocycles. The van der Waals surface area contributed by atoms with E-state index in [0.717, 1.165) is 51.0 Å². The topological polar surface area (TPSA) is 54.2 Å². The molecule has 0 bridgehead atoms. The Bertz CT molecular complexity index is 1930. The zero-order valence-corrected chi connectivity index (χ0v) is 30.3. The van der Waals surface area contributed by atoms with E-state index in [1.165, 1.54) is 0 Å². The van der Waals surface area contributed by atoms with Gasteiger partial charge in [-0.2, -0.15) is 0 Å². The zero-order chi connectivity index (χ0) is 32.6. The van der Waals surface area contributed by atoms with Crippen molar-refractivity contribution >= 4 is 17.2 Å². The van der Waals surface area contributed by atoms with E-state index in [2.05, 4.69) is 105 Å². The molecule has 0 aliphatic heterocycles. The number of para-hydroxylation sites is 2. The fourth-order valence-electron chi connectivity index (χ4n) is 5.82. The number of aromatic nitrogens is 3. The van der Waals surface area contributed by atoms with Gasteiger partial charge in [0, 0.05) is 55.6 Å². The van der Waals surface area contributed by atoms with Crippen LogP contribution in [0.25, 0.3) is 28.3 Å². The maximum atomic E-state index is 11.9. The number of nitrogens with zero attached hydrogens (tertiary/aromatic N) is 4. The molecule has 0 spiro atoms. The van der Waals surface area contributed by atoms with Crippen molar-refractivity contribution in [2.24, 2.45) is 0 Å². The van der Waals surface area contributed by atoms with Gasteiger partial charge in [-0.25, -0.2) is 4.98 Å². The van der Waals surface area contributed by atoms with Gasteiger partial charge in [-0.05, 0) is 71.5 Å². The van der Waals surface area contributed by atoms with Crippen molar-refractivity contribution in [2.45, 2.75) is 59.3 Å². The molecule has 0 fully saturated rings. The third-order valence-corrected chi connectivity index (χ3v) is 8.32. The van der Waals surface area contributed by atoms with Gasteiger partial charge in [0.15, 0.2) is 0 Å². The zero-order valence-electron chi connectivity index (χ0n) is 28.0. The van der Waals surface area contributed by atoms with Crippen LogP contribution in [0.4, 0.5) is 17.2 Å². The molecular formula is C41H41N4OPt-. The average molecular weight is 801 g/mol. The van der Waals surface area contributed by atoms with E-state index in [9.17, 15) is 5.11 Å². The minimum Gasteiger partial charge on any atom is -0.507 e. The van der Waals surface area contributed by atoms with E-state index < -0.39 is 0 Å². The summed E-state index contributed by atoms with van der Waals surface area (Å²) in [5.74, 6) is 1.75. The molecule has 6 aromatic rings. The van der Waals surface area contributed by atoms with Gasteiger partial charge < -0.3 is 14.6 Å². The van der Waals surface area contributed by atoms with Crippen molar-refractivity contribution in [3.8, 4) is 34.1 Å². The molecule has 0 atom stereocenters. The van der Waals surface area contributed by atoms with Crippen molar-refractivity contribution in [3.05, 3.63) is 138 Å². The Labute approximate surface area is 293 Å². The predicted molar refractivity (Wildman–Crippen MR) is 190 cm³/mol. The van der Waals surface area contributed by atoms with Gasteiger partial charge in [-0.3, -0.25) is 4.98 Å². The second-order valence-corrected chi connectivity index (χ2v) is 13.8. The number of anilines is 3. The molecule has 4 aromatic carbocycles. The summed E-state index contributed by atoms with van der Waals surface area (Å²) in [5.41, 5.74) is 7.79. The third-order valence-electron chi connectivity index (χ3n) is 8.32. The SMILES string of the molecule is Cc1c(-c2[c-]c(N(c3ccccc3)c3ccccn3)ccc2)nc(-c2cc(C(C)(C)C)cc(C(C)(C)C)c2O)n1-c1ccccc1.[Pt]. The summed E-state index contributed by atoms with van der Waals surface area (Å²) >= 11 is 0.